The van der Waals surface area contributed by atoms with Crippen LogP contribution >= 0.6 is 0 Å². The van der Waals surface area contributed by atoms with E-state index in [4.69, 9.17) is 8.85 Å². The minimum atomic E-state index is -2.16. The molecule has 2 fully saturated rings. The second-order valence-electron chi connectivity index (χ2n) is 8.33. The first-order valence-electron chi connectivity index (χ1n) is 9.74. The highest BCUT2D eigenvalue weighted by Crippen LogP contribution is 2.56. The lowest BCUT2D eigenvalue weighted by Gasteiger charge is -2.51. The van der Waals surface area contributed by atoms with Crippen LogP contribution in [0.25, 0.3) is 0 Å². The maximum absolute atomic E-state index is 6.64. The zero-order chi connectivity index (χ0) is 16.2. The molecule has 2 aliphatic rings. The van der Waals surface area contributed by atoms with E-state index < -0.39 is 8.56 Å². The van der Waals surface area contributed by atoms with Gasteiger partial charge in [0.05, 0.1) is 0 Å². The highest BCUT2D eigenvalue weighted by atomic mass is 28.4. The van der Waals surface area contributed by atoms with Gasteiger partial charge in [0.15, 0.2) is 0 Å². The van der Waals surface area contributed by atoms with Crippen LogP contribution in [0.2, 0.25) is 11.1 Å². The summed E-state index contributed by atoms with van der Waals surface area (Å²) in [5.41, 5.74) is 1.77. The predicted molar refractivity (Wildman–Crippen MR) is 96.4 cm³/mol. The lowest BCUT2D eigenvalue weighted by molar-refractivity contribution is 0.109. The van der Waals surface area contributed by atoms with E-state index in [-0.39, 0.29) is 0 Å². The van der Waals surface area contributed by atoms with Crippen LogP contribution in [0, 0.1) is 11.3 Å². The van der Waals surface area contributed by atoms with Crippen LogP contribution in [-0.2, 0) is 8.85 Å². The van der Waals surface area contributed by atoms with Gasteiger partial charge >= 0.3 is 8.56 Å². The Bertz CT molecular complexity index is 328. The summed E-state index contributed by atoms with van der Waals surface area (Å²) in [6, 6.07) is 0. The van der Waals surface area contributed by atoms with E-state index in [1.165, 1.54) is 51.4 Å². The van der Waals surface area contributed by atoms with Crippen molar-refractivity contribution in [3.8, 4) is 0 Å². The zero-order valence-corrected chi connectivity index (χ0v) is 16.6. The molecule has 2 nitrogen and oxygen atoms in total. The van der Waals surface area contributed by atoms with Crippen molar-refractivity contribution < 1.29 is 8.85 Å². The Hall–Kier alpha value is 0.137. The molecule has 2 saturated carbocycles. The summed E-state index contributed by atoms with van der Waals surface area (Å²) in [4.78, 5) is 0. The quantitative estimate of drug-likeness (QED) is 0.553. The second-order valence-corrected chi connectivity index (χ2v) is 11.9. The third-order valence-electron chi connectivity index (χ3n) is 6.32. The molecule has 22 heavy (non-hydrogen) atoms. The first-order chi connectivity index (χ1) is 10.5. The average Bonchev–Trinajstić information content (AvgIpc) is 2.47. The number of hydrogen-bond acceptors (Lipinski definition) is 2. The fourth-order valence-corrected chi connectivity index (χ4v) is 10.5. The van der Waals surface area contributed by atoms with Crippen molar-refractivity contribution in [1.29, 1.82) is 0 Å². The molecule has 2 aliphatic carbocycles. The molecule has 0 heterocycles. The van der Waals surface area contributed by atoms with Gasteiger partial charge in [0.25, 0.3) is 0 Å². The molecule has 0 aromatic carbocycles. The molecule has 3 heteroatoms. The SMILES string of the molecule is CCO[Si](OCC)(C1CCC(C)CC1)C1CCCCC1(C)C. The summed E-state index contributed by atoms with van der Waals surface area (Å²) in [6.45, 7) is 13.3. The van der Waals surface area contributed by atoms with Crippen LogP contribution in [0.15, 0.2) is 0 Å². The Kier molecular flexibility index (Phi) is 6.55. The first kappa shape index (κ1) is 18.5. The van der Waals surface area contributed by atoms with Gasteiger partial charge in [-0.25, -0.2) is 0 Å². The van der Waals surface area contributed by atoms with E-state index in [0.717, 1.165) is 19.1 Å². The summed E-state index contributed by atoms with van der Waals surface area (Å²) in [6.07, 6.45) is 10.8. The standard InChI is InChI=1S/C19H38O2Si/c1-6-20-22(21-7-2,17-13-11-16(3)12-14-17)18-10-8-9-15-19(18,4)5/h16-18H,6-15H2,1-5H3. The van der Waals surface area contributed by atoms with Crippen LogP contribution in [0.5, 0.6) is 0 Å². The van der Waals surface area contributed by atoms with Crippen LogP contribution in [0.3, 0.4) is 0 Å². The lowest BCUT2D eigenvalue weighted by Crippen LogP contribution is -2.56. The molecule has 0 aliphatic heterocycles. The summed E-state index contributed by atoms with van der Waals surface area (Å²) in [5, 5.41) is 0. The highest BCUT2D eigenvalue weighted by molar-refractivity contribution is 6.70. The van der Waals surface area contributed by atoms with E-state index in [1.807, 2.05) is 0 Å². The Morgan fingerprint density at radius 3 is 2.00 bits per heavy atom. The maximum Gasteiger partial charge on any atom is 0.345 e. The van der Waals surface area contributed by atoms with Crippen molar-refractivity contribution in [2.45, 2.75) is 97.1 Å². The smallest absolute Gasteiger partial charge is 0.345 e. The van der Waals surface area contributed by atoms with Crippen molar-refractivity contribution in [2.75, 3.05) is 13.2 Å². The van der Waals surface area contributed by atoms with Gasteiger partial charge < -0.3 is 8.85 Å². The normalized spacial score (nSPS) is 32.9. The molecule has 0 N–H and O–H groups in total. The molecular formula is C19H38O2Si. The number of rotatable bonds is 6. The van der Waals surface area contributed by atoms with Crippen molar-refractivity contribution in [2.24, 2.45) is 11.3 Å². The van der Waals surface area contributed by atoms with Gasteiger partial charge in [0.1, 0.15) is 0 Å². The highest BCUT2D eigenvalue weighted by Gasteiger charge is 2.57. The molecular weight excluding hydrogens is 288 g/mol. The number of hydrogen-bond donors (Lipinski definition) is 0. The lowest BCUT2D eigenvalue weighted by atomic mass is 9.77. The Morgan fingerprint density at radius 2 is 1.50 bits per heavy atom. The second kappa shape index (κ2) is 7.81. The van der Waals surface area contributed by atoms with Gasteiger partial charge in [-0.2, -0.15) is 0 Å². The molecule has 0 saturated heterocycles. The molecule has 0 aromatic heterocycles. The molecule has 0 amide bonds. The summed E-state index contributed by atoms with van der Waals surface area (Å²) in [7, 11) is -2.16. The minimum Gasteiger partial charge on any atom is -0.394 e. The zero-order valence-electron chi connectivity index (χ0n) is 15.6. The van der Waals surface area contributed by atoms with E-state index in [9.17, 15) is 0 Å². The molecule has 0 bridgehead atoms. The largest absolute Gasteiger partial charge is 0.394 e. The molecule has 1 unspecified atom stereocenters. The Morgan fingerprint density at radius 1 is 0.909 bits per heavy atom. The summed E-state index contributed by atoms with van der Waals surface area (Å²) in [5.74, 6) is 0.894. The van der Waals surface area contributed by atoms with Crippen molar-refractivity contribution in [1.82, 2.24) is 0 Å². The molecule has 1 atom stereocenters. The Balaban J connectivity index is 2.30. The van der Waals surface area contributed by atoms with Gasteiger partial charge in [-0.15, -0.1) is 0 Å². The van der Waals surface area contributed by atoms with Gasteiger partial charge in [-0.1, -0.05) is 46.5 Å². The molecule has 2 rings (SSSR count). The monoisotopic (exact) mass is 326 g/mol. The van der Waals surface area contributed by atoms with Crippen LogP contribution in [-0.4, -0.2) is 21.8 Å². The minimum absolute atomic E-state index is 0.387. The van der Waals surface area contributed by atoms with Crippen LogP contribution in [0.1, 0.15) is 86.0 Å². The van der Waals surface area contributed by atoms with E-state index in [2.05, 4.69) is 34.6 Å². The molecule has 0 spiro atoms. The fourth-order valence-electron chi connectivity index (χ4n) is 5.12. The van der Waals surface area contributed by atoms with Gasteiger partial charge in [-0.3, -0.25) is 0 Å². The summed E-state index contributed by atoms with van der Waals surface area (Å²) < 4.78 is 13.3. The van der Waals surface area contributed by atoms with Gasteiger partial charge in [0, 0.05) is 24.3 Å². The molecule has 130 valence electrons. The third-order valence-corrected chi connectivity index (χ3v) is 11.6. The van der Waals surface area contributed by atoms with Crippen molar-refractivity contribution >= 4 is 8.56 Å². The van der Waals surface area contributed by atoms with Gasteiger partial charge in [0.2, 0.25) is 0 Å². The van der Waals surface area contributed by atoms with E-state index >= 15 is 0 Å². The average molecular weight is 327 g/mol. The summed E-state index contributed by atoms with van der Waals surface area (Å²) >= 11 is 0. The molecule has 0 aromatic rings. The van der Waals surface area contributed by atoms with E-state index in [0.29, 0.717) is 16.5 Å². The Labute approximate surface area is 139 Å². The van der Waals surface area contributed by atoms with Gasteiger partial charge in [-0.05, 0) is 50.9 Å². The van der Waals surface area contributed by atoms with Crippen LogP contribution in [0.4, 0.5) is 0 Å². The topological polar surface area (TPSA) is 18.5 Å². The van der Waals surface area contributed by atoms with Crippen LogP contribution < -0.4 is 0 Å². The van der Waals surface area contributed by atoms with E-state index in [1.54, 1.807) is 0 Å². The third kappa shape index (κ3) is 3.79. The predicted octanol–water partition coefficient (Wildman–Crippen LogP) is 6.05. The first-order valence-corrected chi connectivity index (χ1v) is 11.7. The fraction of sp³-hybridized carbons (Fsp3) is 1.00. The molecule has 0 radical (unpaired) electrons. The van der Waals surface area contributed by atoms with Crippen molar-refractivity contribution in [3.05, 3.63) is 0 Å². The van der Waals surface area contributed by atoms with Crippen molar-refractivity contribution in [3.63, 3.8) is 0 Å². The maximum atomic E-state index is 6.64.